The fraction of sp³-hybridized carbons (Fsp3) is 0.214. The van der Waals surface area contributed by atoms with E-state index in [9.17, 15) is 5.11 Å². The van der Waals surface area contributed by atoms with Crippen LogP contribution in [0.3, 0.4) is 0 Å². The van der Waals surface area contributed by atoms with Gasteiger partial charge in [-0.3, -0.25) is 0 Å². The summed E-state index contributed by atoms with van der Waals surface area (Å²) in [6, 6.07) is 11.3. The molecule has 2 rings (SSSR count). The first kappa shape index (κ1) is 12.8. The Morgan fingerprint density at radius 3 is 2.72 bits per heavy atom. The zero-order chi connectivity index (χ0) is 12.8. The lowest BCUT2D eigenvalue weighted by Gasteiger charge is -2.05. The van der Waals surface area contributed by atoms with Crippen LogP contribution < -0.4 is 5.32 Å². The third-order valence-electron chi connectivity index (χ3n) is 2.42. The standard InChI is InChI=1S/C14H16N2OS/c1-2-15-14-9-11(7-8-16-14)10-18-13-5-3-12(17)4-6-13/h3-9,17H,2,10H2,1H3,(H,15,16). The number of phenolic OH excluding ortho intramolecular Hbond substituents is 1. The maximum Gasteiger partial charge on any atom is 0.126 e. The number of rotatable bonds is 5. The lowest BCUT2D eigenvalue weighted by atomic mass is 10.3. The number of anilines is 1. The Hall–Kier alpha value is -1.68. The van der Waals surface area contributed by atoms with E-state index >= 15 is 0 Å². The summed E-state index contributed by atoms with van der Waals surface area (Å²) in [6.07, 6.45) is 1.82. The fourth-order valence-corrected chi connectivity index (χ4v) is 2.39. The highest BCUT2D eigenvalue weighted by atomic mass is 32.2. The minimum atomic E-state index is 0.303. The van der Waals surface area contributed by atoms with E-state index in [1.165, 1.54) is 5.56 Å². The molecule has 0 fully saturated rings. The van der Waals surface area contributed by atoms with Crippen LogP contribution in [0, 0.1) is 0 Å². The van der Waals surface area contributed by atoms with Crippen molar-refractivity contribution in [2.45, 2.75) is 17.6 Å². The molecule has 0 atom stereocenters. The molecule has 0 spiro atoms. The maximum atomic E-state index is 9.21. The lowest BCUT2D eigenvalue weighted by molar-refractivity contribution is 0.475. The highest BCUT2D eigenvalue weighted by Gasteiger charge is 1.99. The molecule has 2 aromatic rings. The largest absolute Gasteiger partial charge is 0.508 e. The fourth-order valence-electron chi connectivity index (χ4n) is 1.55. The number of aromatic nitrogens is 1. The second-order valence-electron chi connectivity index (χ2n) is 3.86. The van der Waals surface area contributed by atoms with Crippen LogP contribution in [-0.2, 0) is 5.75 Å². The summed E-state index contributed by atoms with van der Waals surface area (Å²) >= 11 is 1.74. The van der Waals surface area contributed by atoms with Crippen molar-refractivity contribution >= 4 is 17.6 Å². The van der Waals surface area contributed by atoms with Crippen LogP contribution in [0.15, 0.2) is 47.5 Å². The zero-order valence-corrected chi connectivity index (χ0v) is 11.1. The van der Waals surface area contributed by atoms with Gasteiger partial charge in [0, 0.05) is 23.4 Å². The number of pyridine rings is 1. The normalized spacial score (nSPS) is 10.3. The number of hydrogen-bond donors (Lipinski definition) is 2. The number of phenols is 1. The molecule has 0 aliphatic rings. The first-order valence-electron chi connectivity index (χ1n) is 5.88. The van der Waals surface area contributed by atoms with Gasteiger partial charge in [-0.1, -0.05) is 0 Å². The van der Waals surface area contributed by atoms with Gasteiger partial charge in [0.05, 0.1) is 0 Å². The highest BCUT2D eigenvalue weighted by molar-refractivity contribution is 7.98. The Morgan fingerprint density at radius 1 is 1.22 bits per heavy atom. The number of thioether (sulfide) groups is 1. The predicted molar refractivity (Wildman–Crippen MR) is 76.1 cm³/mol. The Kier molecular flexibility index (Phi) is 4.47. The Morgan fingerprint density at radius 2 is 2.00 bits per heavy atom. The summed E-state index contributed by atoms with van der Waals surface area (Å²) in [5.41, 5.74) is 1.24. The summed E-state index contributed by atoms with van der Waals surface area (Å²) in [5.74, 6) is 2.12. The molecular formula is C14H16N2OS. The molecule has 1 aromatic carbocycles. The molecule has 2 N–H and O–H groups in total. The average molecular weight is 260 g/mol. The molecule has 0 aliphatic carbocycles. The first-order chi connectivity index (χ1) is 8.78. The van der Waals surface area contributed by atoms with Gasteiger partial charge in [0.2, 0.25) is 0 Å². The molecular weight excluding hydrogens is 244 g/mol. The van der Waals surface area contributed by atoms with E-state index in [0.29, 0.717) is 5.75 Å². The van der Waals surface area contributed by atoms with E-state index in [0.717, 1.165) is 23.0 Å². The van der Waals surface area contributed by atoms with Crippen molar-refractivity contribution in [1.29, 1.82) is 0 Å². The van der Waals surface area contributed by atoms with Gasteiger partial charge in [-0.05, 0) is 48.9 Å². The van der Waals surface area contributed by atoms with Gasteiger partial charge in [-0.15, -0.1) is 11.8 Å². The van der Waals surface area contributed by atoms with Crippen molar-refractivity contribution in [2.24, 2.45) is 0 Å². The molecule has 0 saturated heterocycles. The Labute approximate surface area is 111 Å². The second-order valence-corrected chi connectivity index (χ2v) is 4.91. The van der Waals surface area contributed by atoms with Crippen molar-refractivity contribution in [3.05, 3.63) is 48.2 Å². The van der Waals surface area contributed by atoms with Crippen molar-refractivity contribution in [1.82, 2.24) is 4.98 Å². The molecule has 3 nitrogen and oxygen atoms in total. The minimum absolute atomic E-state index is 0.303. The molecule has 0 saturated carbocycles. The van der Waals surface area contributed by atoms with E-state index in [1.54, 1.807) is 23.9 Å². The van der Waals surface area contributed by atoms with Crippen molar-refractivity contribution in [2.75, 3.05) is 11.9 Å². The SMILES string of the molecule is CCNc1cc(CSc2ccc(O)cc2)ccn1. The molecule has 0 radical (unpaired) electrons. The van der Waals surface area contributed by atoms with Crippen LogP contribution in [0.4, 0.5) is 5.82 Å². The Balaban J connectivity index is 1.97. The summed E-state index contributed by atoms with van der Waals surface area (Å²) in [7, 11) is 0. The third kappa shape index (κ3) is 3.67. The van der Waals surface area contributed by atoms with Crippen LogP contribution in [-0.4, -0.2) is 16.6 Å². The molecule has 0 amide bonds. The van der Waals surface area contributed by atoms with Gasteiger partial charge in [0.1, 0.15) is 11.6 Å². The number of aromatic hydroxyl groups is 1. The van der Waals surface area contributed by atoms with Crippen molar-refractivity contribution in [3.63, 3.8) is 0 Å². The Bertz CT molecular complexity index is 499. The quantitative estimate of drug-likeness (QED) is 0.807. The third-order valence-corrected chi connectivity index (χ3v) is 3.51. The number of benzene rings is 1. The topological polar surface area (TPSA) is 45.1 Å². The molecule has 94 valence electrons. The van der Waals surface area contributed by atoms with Crippen LogP contribution >= 0.6 is 11.8 Å². The average Bonchev–Trinajstić information content (AvgIpc) is 2.39. The van der Waals surface area contributed by atoms with Crippen LogP contribution in [0.25, 0.3) is 0 Å². The van der Waals surface area contributed by atoms with Gasteiger partial charge in [0.15, 0.2) is 0 Å². The van der Waals surface area contributed by atoms with E-state index in [4.69, 9.17) is 0 Å². The van der Waals surface area contributed by atoms with Crippen molar-refractivity contribution < 1.29 is 5.11 Å². The molecule has 0 bridgehead atoms. The van der Waals surface area contributed by atoms with Gasteiger partial charge < -0.3 is 10.4 Å². The number of nitrogens with zero attached hydrogens (tertiary/aromatic N) is 1. The molecule has 1 aromatic heterocycles. The van der Waals surface area contributed by atoms with E-state index in [-0.39, 0.29) is 0 Å². The van der Waals surface area contributed by atoms with Gasteiger partial charge >= 0.3 is 0 Å². The molecule has 18 heavy (non-hydrogen) atoms. The van der Waals surface area contributed by atoms with Crippen molar-refractivity contribution in [3.8, 4) is 5.75 Å². The summed E-state index contributed by atoms with van der Waals surface area (Å²) in [5, 5.41) is 12.4. The molecule has 1 heterocycles. The van der Waals surface area contributed by atoms with Crippen LogP contribution in [0.1, 0.15) is 12.5 Å². The van der Waals surface area contributed by atoms with Crippen LogP contribution in [0.5, 0.6) is 5.75 Å². The summed E-state index contributed by atoms with van der Waals surface area (Å²) < 4.78 is 0. The monoisotopic (exact) mass is 260 g/mol. The van der Waals surface area contributed by atoms with E-state index in [1.807, 2.05) is 24.4 Å². The summed E-state index contributed by atoms with van der Waals surface area (Å²) in [6.45, 7) is 2.93. The number of hydrogen-bond acceptors (Lipinski definition) is 4. The smallest absolute Gasteiger partial charge is 0.126 e. The van der Waals surface area contributed by atoms with Gasteiger partial charge in [-0.2, -0.15) is 0 Å². The lowest BCUT2D eigenvalue weighted by Crippen LogP contribution is -1.99. The van der Waals surface area contributed by atoms with Gasteiger partial charge in [-0.25, -0.2) is 4.98 Å². The molecule has 0 aliphatic heterocycles. The van der Waals surface area contributed by atoms with E-state index < -0.39 is 0 Å². The van der Waals surface area contributed by atoms with E-state index in [2.05, 4.69) is 23.3 Å². The van der Waals surface area contributed by atoms with Gasteiger partial charge in [0.25, 0.3) is 0 Å². The first-order valence-corrected chi connectivity index (χ1v) is 6.87. The molecule has 0 unspecified atom stereocenters. The highest BCUT2D eigenvalue weighted by Crippen LogP contribution is 2.24. The summed E-state index contributed by atoms with van der Waals surface area (Å²) in [4.78, 5) is 5.39. The predicted octanol–water partition coefficient (Wildman–Crippen LogP) is 3.51. The minimum Gasteiger partial charge on any atom is -0.508 e. The second kappa shape index (κ2) is 6.31. The molecule has 4 heteroatoms. The maximum absolute atomic E-state index is 9.21. The number of nitrogens with one attached hydrogen (secondary N) is 1. The van der Waals surface area contributed by atoms with Crippen LogP contribution in [0.2, 0.25) is 0 Å². The zero-order valence-electron chi connectivity index (χ0n) is 10.3.